The molecule has 1 amide bonds. The Balaban J connectivity index is 2.80. The molecule has 1 atom stereocenters. The molecular formula is C16H22N2O5. The molecule has 0 bridgehead atoms. The van der Waals surface area contributed by atoms with Crippen molar-refractivity contribution in [3.05, 3.63) is 39.9 Å². The summed E-state index contributed by atoms with van der Waals surface area (Å²) < 4.78 is 5.16. The van der Waals surface area contributed by atoms with Gasteiger partial charge in [0.05, 0.1) is 11.0 Å². The average molecular weight is 322 g/mol. The summed E-state index contributed by atoms with van der Waals surface area (Å²) in [6.07, 6.45) is -0.136. The third-order valence-electron chi connectivity index (χ3n) is 3.02. The van der Waals surface area contributed by atoms with Crippen LogP contribution in [0, 0.1) is 10.1 Å². The van der Waals surface area contributed by atoms with E-state index in [9.17, 15) is 19.7 Å². The molecule has 126 valence electrons. The van der Waals surface area contributed by atoms with Crippen molar-refractivity contribution in [1.29, 1.82) is 0 Å². The number of nitrogens with one attached hydrogen (secondary N) is 1. The van der Waals surface area contributed by atoms with Crippen LogP contribution in [0.4, 0.5) is 10.5 Å². The van der Waals surface area contributed by atoms with Crippen LogP contribution < -0.4 is 5.32 Å². The monoisotopic (exact) mass is 322 g/mol. The molecule has 7 nitrogen and oxygen atoms in total. The number of ketones is 1. The fraction of sp³-hybridized carbons (Fsp3) is 0.500. The van der Waals surface area contributed by atoms with E-state index < -0.39 is 22.7 Å². The van der Waals surface area contributed by atoms with Crippen LogP contribution in [0.2, 0.25) is 0 Å². The number of nitrogens with zero attached hydrogens (tertiary/aromatic N) is 1. The van der Waals surface area contributed by atoms with Crippen LogP contribution in [-0.4, -0.2) is 28.4 Å². The topological polar surface area (TPSA) is 98.5 Å². The van der Waals surface area contributed by atoms with Gasteiger partial charge in [-0.15, -0.1) is 0 Å². The number of alkyl carbamates (subject to hydrolysis) is 1. The lowest BCUT2D eigenvalue weighted by atomic mass is 10.0. The zero-order valence-corrected chi connectivity index (χ0v) is 13.8. The van der Waals surface area contributed by atoms with Gasteiger partial charge in [-0.2, -0.15) is 0 Å². The van der Waals surface area contributed by atoms with Crippen LogP contribution in [0.1, 0.15) is 39.7 Å². The number of benzene rings is 1. The molecule has 0 heterocycles. The molecule has 0 unspecified atom stereocenters. The molecule has 0 saturated carbocycles. The van der Waals surface area contributed by atoms with Gasteiger partial charge in [0, 0.05) is 18.6 Å². The third-order valence-corrected chi connectivity index (χ3v) is 3.02. The van der Waals surface area contributed by atoms with Gasteiger partial charge in [0.2, 0.25) is 0 Å². The molecular weight excluding hydrogens is 300 g/mol. The Morgan fingerprint density at radius 2 is 1.83 bits per heavy atom. The minimum atomic E-state index is -0.726. The number of carbonyl (C=O) groups excluding carboxylic acids is 2. The Labute approximate surface area is 135 Å². The van der Waals surface area contributed by atoms with E-state index in [0.29, 0.717) is 0 Å². The molecule has 0 spiro atoms. The Kier molecular flexibility index (Phi) is 6.24. The van der Waals surface area contributed by atoms with Gasteiger partial charge < -0.3 is 10.1 Å². The Bertz CT molecular complexity index is 575. The van der Waals surface area contributed by atoms with E-state index in [1.807, 2.05) is 0 Å². The molecule has 0 saturated heterocycles. The minimum Gasteiger partial charge on any atom is -0.444 e. The lowest BCUT2D eigenvalue weighted by Gasteiger charge is -2.23. The SMILES string of the molecule is CCC(=O)[C@@H](Cc1ccc([N+](=O)[O-])cc1)NC(=O)OC(C)(C)C. The zero-order chi connectivity index (χ0) is 17.6. The molecule has 1 N–H and O–H groups in total. The second kappa shape index (κ2) is 7.71. The zero-order valence-electron chi connectivity index (χ0n) is 13.8. The van der Waals surface area contributed by atoms with Gasteiger partial charge in [0.1, 0.15) is 5.60 Å². The first-order valence-corrected chi connectivity index (χ1v) is 7.38. The van der Waals surface area contributed by atoms with E-state index in [2.05, 4.69) is 5.32 Å². The normalized spacial score (nSPS) is 12.3. The van der Waals surface area contributed by atoms with Crippen LogP contribution in [0.25, 0.3) is 0 Å². The number of Topliss-reactive ketones (excluding diaryl/α,β-unsaturated/α-hetero) is 1. The van der Waals surface area contributed by atoms with Gasteiger partial charge >= 0.3 is 6.09 Å². The van der Waals surface area contributed by atoms with E-state index in [1.165, 1.54) is 12.1 Å². The summed E-state index contributed by atoms with van der Waals surface area (Å²) in [4.78, 5) is 34.0. The van der Waals surface area contributed by atoms with E-state index in [1.54, 1.807) is 39.8 Å². The van der Waals surface area contributed by atoms with Gasteiger partial charge in [-0.1, -0.05) is 19.1 Å². The standard InChI is InChI=1S/C16H22N2O5/c1-5-14(19)13(17-15(20)23-16(2,3)4)10-11-6-8-12(9-7-11)18(21)22/h6-9,13H,5,10H2,1-4H3,(H,17,20)/t13-/m1/s1. The highest BCUT2D eigenvalue weighted by Gasteiger charge is 2.23. The second-order valence-electron chi connectivity index (χ2n) is 6.15. The summed E-state index contributed by atoms with van der Waals surface area (Å²) in [5.74, 6) is -0.130. The lowest BCUT2D eigenvalue weighted by Crippen LogP contribution is -2.44. The van der Waals surface area contributed by atoms with Crippen LogP contribution in [0.5, 0.6) is 0 Å². The number of nitro groups is 1. The van der Waals surface area contributed by atoms with Gasteiger partial charge in [-0.3, -0.25) is 14.9 Å². The fourth-order valence-corrected chi connectivity index (χ4v) is 1.93. The van der Waals surface area contributed by atoms with E-state index in [4.69, 9.17) is 4.74 Å². The second-order valence-corrected chi connectivity index (χ2v) is 6.15. The van der Waals surface area contributed by atoms with Crippen molar-refractivity contribution in [3.8, 4) is 0 Å². The number of amides is 1. The fourth-order valence-electron chi connectivity index (χ4n) is 1.93. The summed E-state index contributed by atoms with van der Waals surface area (Å²) in [6.45, 7) is 6.92. The first kappa shape index (κ1) is 18.6. The van der Waals surface area contributed by atoms with Gasteiger partial charge in [-0.05, 0) is 32.8 Å². The maximum atomic E-state index is 12.0. The van der Waals surface area contributed by atoms with Gasteiger partial charge in [0.25, 0.3) is 5.69 Å². The predicted molar refractivity (Wildman–Crippen MR) is 85.3 cm³/mol. The summed E-state index contributed by atoms with van der Waals surface area (Å²) in [5.41, 5.74) is 0.0442. The maximum Gasteiger partial charge on any atom is 0.408 e. The lowest BCUT2D eigenvalue weighted by molar-refractivity contribution is -0.384. The van der Waals surface area contributed by atoms with Gasteiger partial charge in [0.15, 0.2) is 5.78 Å². The van der Waals surface area contributed by atoms with Crippen LogP contribution >= 0.6 is 0 Å². The summed E-state index contributed by atoms with van der Waals surface area (Å²) in [7, 11) is 0. The number of non-ortho nitro benzene ring substituents is 1. The first-order chi connectivity index (χ1) is 10.6. The molecule has 0 fully saturated rings. The van der Waals surface area contributed by atoms with Crippen molar-refractivity contribution in [1.82, 2.24) is 5.32 Å². The number of ether oxygens (including phenoxy) is 1. The quantitative estimate of drug-likeness (QED) is 0.641. The average Bonchev–Trinajstić information content (AvgIpc) is 2.44. The first-order valence-electron chi connectivity index (χ1n) is 7.38. The molecule has 23 heavy (non-hydrogen) atoms. The maximum absolute atomic E-state index is 12.0. The molecule has 1 aromatic rings. The van der Waals surface area contributed by atoms with Crippen LogP contribution in [0.3, 0.4) is 0 Å². The molecule has 0 aliphatic rings. The summed E-state index contributed by atoms with van der Waals surface area (Å²) in [5, 5.41) is 13.2. The number of hydrogen-bond donors (Lipinski definition) is 1. The van der Waals surface area contributed by atoms with E-state index in [-0.39, 0.29) is 24.3 Å². The van der Waals surface area contributed by atoms with Crippen molar-refractivity contribution in [3.63, 3.8) is 0 Å². The van der Waals surface area contributed by atoms with Crippen molar-refractivity contribution in [2.24, 2.45) is 0 Å². The minimum absolute atomic E-state index is 0.0211. The number of nitro benzene ring substituents is 1. The molecule has 0 aromatic heterocycles. The van der Waals surface area contributed by atoms with Gasteiger partial charge in [-0.25, -0.2) is 4.79 Å². The molecule has 1 rings (SSSR count). The molecule has 0 aliphatic heterocycles. The Morgan fingerprint density at radius 1 is 1.26 bits per heavy atom. The van der Waals surface area contributed by atoms with E-state index in [0.717, 1.165) is 5.56 Å². The predicted octanol–water partition coefficient (Wildman–Crippen LogP) is 3.01. The highest BCUT2D eigenvalue weighted by molar-refractivity contribution is 5.87. The van der Waals surface area contributed by atoms with Crippen molar-refractivity contribution >= 4 is 17.6 Å². The van der Waals surface area contributed by atoms with Crippen LogP contribution in [0.15, 0.2) is 24.3 Å². The highest BCUT2D eigenvalue weighted by Crippen LogP contribution is 2.14. The Hall–Kier alpha value is -2.44. The van der Waals surface area contributed by atoms with Crippen molar-refractivity contribution in [2.45, 2.75) is 52.2 Å². The molecule has 7 heteroatoms. The summed E-state index contributed by atoms with van der Waals surface area (Å²) >= 11 is 0. The number of carbonyl (C=O) groups is 2. The van der Waals surface area contributed by atoms with Crippen molar-refractivity contribution in [2.75, 3.05) is 0 Å². The smallest absolute Gasteiger partial charge is 0.408 e. The number of rotatable bonds is 6. The molecule has 1 aromatic carbocycles. The van der Waals surface area contributed by atoms with E-state index >= 15 is 0 Å². The Morgan fingerprint density at radius 3 is 2.26 bits per heavy atom. The summed E-state index contributed by atoms with van der Waals surface area (Å²) in [6, 6.07) is 5.17. The van der Waals surface area contributed by atoms with Crippen molar-refractivity contribution < 1.29 is 19.2 Å². The molecule has 0 aliphatic carbocycles. The number of hydrogen-bond acceptors (Lipinski definition) is 5. The third kappa shape index (κ3) is 6.46. The van der Waals surface area contributed by atoms with Crippen LogP contribution in [-0.2, 0) is 16.0 Å². The largest absolute Gasteiger partial charge is 0.444 e. The highest BCUT2D eigenvalue weighted by atomic mass is 16.6. The molecule has 0 radical (unpaired) electrons.